The van der Waals surface area contributed by atoms with Gasteiger partial charge in [0, 0.05) is 10.7 Å². The standard InChI is InChI=1S/C13H11BrN4/c14-11-5-3-4-10(8-11)9-17-18-13(15)12-6-1-2-7-16-12/h1-9H,(H2,15,18)/b17-9+. The van der Waals surface area contributed by atoms with Crippen LogP contribution in [-0.2, 0) is 0 Å². The van der Waals surface area contributed by atoms with Gasteiger partial charge in [0.05, 0.1) is 6.21 Å². The Morgan fingerprint density at radius 1 is 1.22 bits per heavy atom. The van der Waals surface area contributed by atoms with Crippen molar-refractivity contribution in [2.45, 2.75) is 0 Å². The number of benzene rings is 1. The van der Waals surface area contributed by atoms with Crippen molar-refractivity contribution < 1.29 is 0 Å². The second-order valence-electron chi connectivity index (χ2n) is 3.50. The summed E-state index contributed by atoms with van der Waals surface area (Å²) in [5.74, 6) is 0.293. The van der Waals surface area contributed by atoms with E-state index < -0.39 is 0 Å². The predicted molar refractivity (Wildman–Crippen MR) is 76.7 cm³/mol. The summed E-state index contributed by atoms with van der Waals surface area (Å²) in [7, 11) is 0. The molecule has 5 heteroatoms. The molecule has 1 aromatic carbocycles. The van der Waals surface area contributed by atoms with Gasteiger partial charge in [0.15, 0.2) is 5.84 Å². The van der Waals surface area contributed by atoms with Gasteiger partial charge in [-0.1, -0.05) is 34.1 Å². The van der Waals surface area contributed by atoms with Crippen molar-refractivity contribution >= 4 is 28.0 Å². The number of halogens is 1. The third-order valence-electron chi connectivity index (χ3n) is 2.15. The number of hydrogen-bond donors (Lipinski definition) is 1. The molecule has 0 fully saturated rings. The van der Waals surface area contributed by atoms with E-state index in [1.54, 1.807) is 18.5 Å². The Hall–Kier alpha value is -2.01. The van der Waals surface area contributed by atoms with Gasteiger partial charge in [0.2, 0.25) is 0 Å². The summed E-state index contributed by atoms with van der Waals surface area (Å²) < 4.78 is 0.994. The molecule has 0 amide bonds. The Balaban J connectivity index is 2.11. The molecule has 0 atom stereocenters. The van der Waals surface area contributed by atoms with Crippen LogP contribution in [0, 0.1) is 0 Å². The second-order valence-corrected chi connectivity index (χ2v) is 4.42. The summed E-state index contributed by atoms with van der Waals surface area (Å²) in [6.45, 7) is 0. The molecule has 2 rings (SSSR count). The summed E-state index contributed by atoms with van der Waals surface area (Å²) in [5, 5.41) is 7.84. The molecule has 0 aliphatic carbocycles. The minimum absolute atomic E-state index is 0.293. The Kier molecular flexibility index (Phi) is 4.20. The lowest BCUT2D eigenvalue weighted by atomic mass is 10.2. The normalized spacial score (nSPS) is 11.9. The average molecular weight is 303 g/mol. The molecule has 0 aliphatic heterocycles. The topological polar surface area (TPSA) is 63.6 Å². The van der Waals surface area contributed by atoms with Gasteiger partial charge in [-0.05, 0) is 29.8 Å². The highest BCUT2D eigenvalue weighted by atomic mass is 79.9. The van der Waals surface area contributed by atoms with Crippen LogP contribution in [0.3, 0.4) is 0 Å². The fourth-order valence-corrected chi connectivity index (χ4v) is 1.73. The van der Waals surface area contributed by atoms with Gasteiger partial charge in [-0.2, -0.15) is 5.10 Å². The van der Waals surface area contributed by atoms with Crippen LogP contribution in [0.2, 0.25) is 0 Å². The summed E-state index contributed by atoms with van der Waals surface area (Å²) in [6, 6.07) is 13.2. The molecule has 0 aliphatic rings. The monoisotopic (exact) mass is 302 g/mol. The first-order valence-corrected chi connectivity index (χ1v) is 6.08. The van der Waals surface area contributed by atoms with Crippen molar-refractivity contribution in [3.63, 3.8) is 0 Å². The average Bonchev–Trinajstić information content (AvgIpc) is 2.40. The summed E-state index contributed by atoms with van der Waals surface area (Å²) >= 11 is 3.39. The highest BCUT2D eigenvalue weighted by Gasteiger charge is 1.96. The van der Waals surface area contributed by atoms with E-state index in [0.717, 1.165) is 10.0 Å². The SMILES string of the molecule is N/C(=N\N=C\c1cccc(Br)c1)c1ccccn1. The molecular weight excluding hydrogens is 292 g/mol. The zero-order valence-electron chi connectivity index (χ0n) is 9.49. The van der Waals surface area contributed by atoms with Crippen molar-refractivity contribution in [3.05, 3.63) is 64.4 Å². The van der Waals surface area contributed by atoms with Crippen molar-refractivity contribution in [2.24, 2.45) is 15.9 Å². The van der Waals surface area contributed by atoms with Crippen LogP contribution in [0.5, 0.6) is 0 Å². The fourth-order valence-electron chi connectivity index (χ4n) is 1.31. The molecule has 90 valence electrons. The van der Waals surface area contributed by atoms with Crippen LogP contribution >= 0.6 is 15.9 Å². The lowest BCUT2D eigenvalue weighted by molar-refractivity contribution is 1.20. The van der Waals surface area contributed by atoms with E-state index in [-0.39, 0.29) is 0 Å². The van der Waals surface area contributed by atoms with Crippen LogP contribution in [0.15, 0.2) is 63.3 Å². The summed E-state index contributed by atoms with van der Waals surface area (Å²) in [6.07, 6.45) is 3.30. The molecule has 18 heavy (non-hydrogen) atoms. The Bertz CT molecular complexity index is 579. The van der Waals surface area contributed by atoms with Crippen LogP contribution in [0.1, 0.15) is 11.3 Å². The number of amidine groups is 1. The van der Waals surface area contributed by atoms with Crippen LogP contribution in [-0.4, -0.2) is 17.0 Å². The zero-order valence-corrected chi connectivity index (χ0v) is 11.1. The maximum absolute atomic E-state index is 5.75. The maximum atomic E-state index is 5.75. The minimum Gasteiger partial charge on any atom is -0.380 e. The van der Waals surface area contributed by atoms with Crippen molar-refractivity contribution in [3.8, 4) is 0 Å². The molecule has 4 nitrogen and oxygen atoms in total. The second kappa shape index (κ2) is 6.07. The largest absolute Gasteiger partial charge is 0.380 e. The first kappa shape index (κ1) is 12.4. The number of pyridine rings is 1. The van der Waals surface area contributed by atoms with E-state index in [4.69, 9.17) is 5.73 Å². The Morgan fingerprint density at radius 3 is 2.83 bits per heavy atom. The molecule has 2 N–H and O–H groups in total. The van der Waals surface area contributed by atoms with Gasteiger partial charge in [-0.25, -0.2) is 0 Å². The molecule has 0 spiro atoms. The molecule has 0 saturated carbocycles. The highest BCUT2D eigenvalue weighted by Crippen LogP contribution is 2.09. The van der Waals surface area contributed by atoms with E-state index in [0.29, 0.717) is 11.5 Å². The van der Waals surface area contributed by atoms with Gasteiger partial charge in [0.25, 0.3) is 0 Å². The van der Waals surface area contributed by atoms with Gasteiger partial charge < -0.3 is 5.73 Å². The molecule has 1 aromatic heterocycles. The third-order valence-corrected chi connectivity index (χ3v) is 2.64. The van der Waals surface area contributed by atoms with Gasteiger partial charge in [-0.15, -0.1) is 5.10 Å². The van der Waals surface area contributed by atoms with Gasteiger partial charge >= 0.3 is 0 Å². The Labute approximate surface area is 113 Å². The van der Waals surface area contributed by atoms with Crippen molar-refractivity contribution in [1.82, 2.24) is 4.98 Å². The molecule has 0 bridgehead atoms. The number of nitrogens with two attached hydrogens (primary N) is 1. The quantitative estimate of drug-likeness (QED) is 0.538. The fraction of sp³-hybridized carbons (Fsp3) is 0. The molecular formula is C13H11BrN4. The van der Waals surface area contributed by atoms with E-state index in [2.05, 4.69) is 31.1 Å². The molecule has 0 unspecified atom stereocenters. The van der Waals surface area contributed by atoms with Crippen molar-refractivity contribution in [1.29, 1.82) is 0 Å². The smallest absolute Gasteiger partial charge is 0.171 e. The summed E-state index contributed by atoms with van der Waals surface area (Å²) in [4.78, 5) is 4.08. The third kappa shape index (κ3) is 3.49. The highest BCUT2D eigenvalue weighted by molar-refractivity contribution is 9.10. The minimum atomic E-state index is 0.293. The number of rotatable bonds is 3. The Morgan fingerprint density at radius 2 is 2.11 bits per heavy atom. The number of hydrogen-bond acceptors (Lipinski definition) is 3. The van der Waals surface area contributed by atoms with Crippen LogP contribution in [0.4, 0.5) is 0 Å². The molecule has 2 aromatic rings. The van der Waals surface area contributed by atoms with E-state index in [9.17, 15) is 0 Å². The van der Waals surface area contributed by atoms with Crippen LogP contribution in [0.25, 0.3) is 0 Å². The molecule has 0 saturated heterocycles. The number of aromatic nitrogens is 1. The summed E-state index contributed by atoms with van der Waals surface area (Å²) in [5.41, 5.74) is 7.31. The van der Waals surface area contributed by atoms with E-state index in [1.165, 1.54) is 0 Å². The van der Waals surface area contributed by atoms with Gasteiger partial charge in [-0.3, -0.25) is 4.98 Å². The zero-order chi connectivity index (χ0) is 12.8. The maximum Gasteiger partial charge on any atom is 0.171 e. The van der Waals surface area contributed by atoms with E-state index >= 15 is 0 Å². The molecule has 1 heterocycles. The van der Waals surface area contributed by atoms with Gasteiger partial charge in [0.1, 0.15) is 5.69 Å². The predicted octanol–water partition coefficient (Wildman–Crippen LogP) is 2.58. The van der Waals surface area contributed by atoms with Crippen LogP contribution < -0.4 is 5.73 Å². The first-order chi connectivity index (χ1) is 8.75. The lowest BCUT2D eigenvalue weighted by Gasteiger charge is -1.96. The lowest BCUT2D eigenvalue weighted by Crippen LogP contribution is -2.14. The molecule has 0 radical (unpaired) electrons. The first-order valence-electron chi connectivity index (χ1n) is 5.29. The number of nitrogens with zero attached hydrogens (tertiary/aromatic N) is 3. The van der Waals surface area contributed by atoms with Crippen molar-refractivity contribution in [2.75, 3.05) is 0 Å². The van der Waals surface area contributed by atoms with E-state index in [1.807, 2.05) is 36.4 Å².